The van der Waals surface area contributed by atoms with Crippen LogP contribution in [0, 0.1) is 17.8 Å². The van der Waals surface area contributed by atoms with Gasteiger partial charge in [0.05, 0.1) is 49.2 Å². The van der Waals surface area contributed by atoms with Gasteiger partial charge in [0, 0.05) is 27.8 Å². The molecule has 42 heavy (non-hydrogen) atoms. The SMILES string of the molecule is CC[C@H](C)[C@@H]([C@@H](CC(=O)N1CCC[C@H]1[C@H](OC)[C@@H](C)C(=O)NCC(=O)O)OC)N(C)C(=O)CNC(=O)C(NC)C(C)C. The fraction of sp³-hybridized carbons (Fsp3) is 0.828. The van der Waals surface area contributed by atoms with Crippen molar-refractivity contribution in [2.45, 2.75) is 90.6 Å². The molecule has 1 saturated heterocycles. The van der Waals surface area contributed by atoms with Crippen LogP contribution in [0.5, 0.6) is 0 Å². The van der Waals surface area contributed by atoms with E-state index < -0.39 is 48.6 Å². The number of carbonyl (C=O) groups excluding carboxylic acids is 4. The van der Waals surface area contributed by atoms with E-state index in [9.17, 15) is 24.0 Å². The van der Waals surface area contributed by atoms with Gasteiger partial charge in [-0.25, -0.2) is 0 Å². The van der Waals surface area contributed by atoms with Crippen molar-refractivity contribution >= 4 is 29.6 Å². The molecular formula is C29H53N5O8. The molecule has 0 aromatic heterocycles. The molecule has 1 fully saturated rings. The van der Waals surface area contributed by atoms with Gasteiger partial charge in [0.15, 0.2) is 0 Å². The molecule has 0 aromatic rings. The zero-order valence-electron chi connectivity index (χ0n) is 26.8. The van der Waals surface area contributed by atoms with Crippen molar-refractivity contribution in [3.05, 3.63) is 0 Å². The molecule has 0 aromatic carbocycles. The third-order valence-corrected chi connectivity index (χ3v) is 8.39. The number of ether oxygens (including phenoxy) is 2. The molecule has 13 heteroatoms. The maximum absolute atomic E-state index is 13.7. The Morgan fingerprint density at radius 1 is 1.00 bits per heavy atom. The number of aliphatic carboxylic acids is 1. The molecule has 1 aliphatic heterocycles. The van der Waals surface area contributed by atoms with E-state index in [0.29, 0.717) is 13.0 Å². The molecule has 7 atom stereocenters. The van der Waals surface area contributed by atoms with Gasteiger partial charge in [0.25, 0.3) is 0 Å². The van der Waals surface area contributed by atoms with Gasteiger partial charge in [-0.15, -0.1) is 0 Å². The average Bonchev–Trinajstić information content (AvgIpc) is 3.43. The second-order valence-corrected chi connectivity index (χ2v) is 11.5. The highest BCUT2D eigenvalue weighted by atomic mass is 16.5. The number of carboxylic acid groups (broad SMARTS) is 1. The van der Waals surface area contributed by atoms with E-state index in [4.69, 9.17) is 14.6 Å². The molecule has 0 aliphatic carbocycles. The smallest absolute Gasteiger partial charge is 0.322 e. The fourth-order valence-corrected chi connectivity index (χ4v) is 5.81. The number of likely N-dealkylation sites (N-methyl/N-ethyl adjacent to an activating group) is 2. The molecular weight excluding hydrogens is 546 g/mol. The third-order valence-electron chi connectivity index (χ3n) is 8.39. The number of hydrogen-bond donors (Lipinski definition) is 4. The second-order valence-electron chi connectivity index (χ2n) is 11.5. The minimum Gasteiger partial charge on any atom is -0.480 e. The van der Waals surface area contributed by atoms with E-state index in [1.165, 1.54) is 14.2 Å². The van der Waals surface area contributed by atoms with Crippen LogP contribution < -0.4 is 16.0 Å². The van der Waals surface area contributed by atoms with E-state index in [1.54, 1.807) is 30.8 Å². The minimum absolute atomic E-state index is 0.00725. The van der Waals surface area contributed by atoms with Gasteiger partial charge in [0.2, 0.25) is 23.6 Å². The van der Waals surface area contributed by atoms with Crippen LogP contribution in [0.15, 0.2) is 0 Å². The maximum Gasteiger partial charge on any atom is 0.322 e. The van der Waals surface area contributed by atoms with E-state index in [2.05, 4.69) is 16.0 Å². The van der Waals surface area contributed by atoms with Crippen molar-refractivity contribution in [2.75, 3.05) is 47.9 Å². The van der Waals surface area contributed by atoms with Crippen molar-refractivity contribution < 1.29 is 38.6 Å². The minimum atomic E-state index is -1.15. The number of rotatable bonds is 18. The number of hydrogen-bond acceptors (Lipinski definition) is 8. The lowest BCUT2D eigenvalue weighted by molar-refractivity contribution is -0.146. The Morgan fingerprint density at radius 2 is 1.62 bits per heavy atom. The van der Waals surface area contributed by atoms with Crippen LogP contribution in [-0.4, -0.2) is 123 Å². The normalized spacial score (nSPS) is 19.4. The van der Waals surface area contributed by atoms with Crippen molar-refractivity contribution in [1.29, 1.82) is 0 Å². The van der Waals surface area contributed by atoms with Crippen LogP contribution >= 0.6 is 0 Å². The van der Waals surface area contributed by atoms with Crippen LogP contribution in [0.1, 0.15) is 60.3 Å². The lowest BCUT2D eigenvalue weighted by Gasteiger charge is -2.39. The zero-order chi connectivity index (χ0) is 32.1. The Morgan fingerprint density at radius 3 is 2.12 bits per heavy atom. The van der Waals surface area contributed by atoms with Gasteiger partial charge in [-0.05, 0) is 31.7 Å². The monoisotopic (exact) mass is 599 g/mol. The molecule has 13 nitrogen and oxygen atoms in total. The van der Waals surface area contributed by atoms with Gasteiger partial charge in [-0.2, -0.15) is 0 Å². The lowest BCUT2D eigenvalue weighted by atomic mass is 9.90. The summed E-state index contributed by atoms with van der Waals surface area (Å²) >= 11 is 0. The summed E-state index contributed by atoms with van der Waals surface area (Å²) in [5.74, 6) is -2.98. The Bertz CT molecular complexity index is 916. The highest BCUT2D eigenvalue weighted by molar-refractivity contribution is 5.88. The van der Waals surface area contributed by atoms with E-state index in [0.717, 1.165) is 12.8 Å². The topological polar surface area (TPSA) is 167 Å². The predicted octanol–water partition coefficient (Wildman–Crippen LogP) is 0.468. The van der Waals surface area contributed by atoms with Gasteiger partial charge in [0.1, 0.15) is 6.54 Å². The molecule has 0 saturated carbocycles. The van der Waals surface area contributed by atoms with E-state index in [-0.39, 0.29) is 48.6 Å². The van der Waals surface area contributed by atoms with Crippen molar-refractivity contribution in [1.82, 2.24) is 25.8 Å². The molecule has 0 spiro atoms. The predicted molar refractivity (Wildman–Crippen MR) is 157 cm³/mol. The van der Waals surface area contributed by atoms with Crippen LogP contribution in [0.3, 0.4) is 0 Å². The van der Waals surface area contributed by atoms with Gasteiger partial charge in [-0.3, -0.25) is 24.0 Å². The summed E-state index contributed by atoms with van der Waals surface area (Å²) in [5.41, 5.74) is 0. The lowest BCUT2D eigenvalue weighted by Crippen LogP contribution is -2.55. The van der Waals surface area contributed by atoms with E-state index in [1.807, 2.05) is 27.7 Å². The average molecular weight is 600 g/mol. The Labute approximate surface area is 250 Å². The Hall–Kier alpha value is -2.77. The molecule has 0 radical (unpaired) electrons. The number of nitrogens with one attached hydrogen (secondary N) is 3. The van der Waals surface area contributed by atoms with E-state index >= 15 is 0 Å². The fourth-order valence-electron chi connectivity index (χ4n) is 5.81. The standard InChI is InChI=1S/C29H53N5O8/c1-10-18(4)26(33(7)23(36)15-31-29(40)25(30-6)17(2)3)21(41-8)14-22(35)34-13-11-12-20(34)27(42-9)19(5)28(39)32-16-24(37)38/h17-21,25-27,30H,10-16H2,1-9H3,(H,31,40)(H,32,39)(H,37,38)/t18-,19+,20-,21+,25?,26-,27+/m0/s1. The Kier molecular flexibility index (Phi) is 16.0. The second kappa shape index (κ2) is 18.0. The highest BCUT2D eigenvalue weighted by Crippen LogP contribution is 2.29. The van der Waals surface area contributed by atoms with Crippen LogP contribution in [-0.2, 0) is 33.4 Å². The zero-order valence-corrected chi connectivity index (χ0v) is 26.8. The molecule has 242 valence electrons. The number of amides is 4. The first-order chi connectivity index (χ1) is 19.7. The van der Waals surface area contributed by atoms with Gasteiger partial charge >= 0.3 is 5.97 Å². The highest BCUT2D eigenvalue weighted by Gasteiger charge is 2.42. The molecule has 1 unspecified atom stereocenters. The number of methoxy groups -OCH3 is 2. The van der Waals surface area contributed by atoms with Crippen LogP contribution in [0.4, 0.5) is 0 Å². The first kappa shape index (κ1) is 37.3. The number of likely N-dealkylation sites (tertiary alicyclic amines) is 1. The van der Waals surface area contributed by atoms with Gasteiger partial charge in [-0.1, -0.05) is 41.0 Å². The van der Waals surface area contributed by atoms with Crippen molar-refractivity contribution in [2.24, 2.45) is 17.8 Å². The quantitative estimate of drug-likeness (QED) is 0.175. The number of carbonyl (C=O) groups is 5. The molecule has 1 aliphatic rings. The van der Waals surface area contributed by atoms with Gasteiger partial charge < -0.3 is 40.3 Å². The van der Waals surface area contributed by atoms with Crippen LogP contribution in [0.25, 0.3) is 0 Å². The summed E-state index contributed by atoms with van der Waals surface area (Å²) in [6, 6.07) is -1.23. The third kappa shape index (κ3) is 10.2. The summed E-state index contributed by atoms with van der Waals surface area (Å²) in [5, 5.41) is 17.0. The summed E-state index contributed by atoms with van der Waals surface area (Å²) < 4.78 is 11.5. The Balaban J connectivity index is 3.05. The van der Waals surface area contributed by atoms with Crippen molar-refractivity contribution in [3.63, 3.8) is 0 Å². The number of nitrogens with zero attached hydrogens (tertiary/aromatic N) is 2. The summed E-state index contributed by atoms with van der Waals surface area (Å²) in [6.45, 7) is 9.31. The molecule has 0 bridgehead atoms. The first-order valence-corrected chi connectivity index (χ1v) is 14.8. The van der Waals surface area contributed by atoms with Crippen LogP contribution in [0.2, 0.25) is 0 Å². The maximum atomic E-state index is 13.7. The molecule has 4 N–H and O–H groups in total. The van der Waals surface area contributed by atoms with Crippen molar-refractivity contribution in [3.8, 4) is 0 Å². The first-order valence-electron chi connectivity index (χ1n) is 14.8. The summed E-state index contributed by atoms with van der Waals surface area (Å²) in [7, 11) is 6.35. The summed E-state index contributed by atoms with van der Waals surface area (Å²) in [6.07, 6.45) is 0.868. The molecule has 1 rings (SSSR count). The molecule has 1 heterocycles. The summed E-state index contributed by atoms with van der Waals surface area (Å²) in [4.78, 5) is 66.2. The number of carboxylic acids is 1. The largest absolute Gasteiger partial charge is 0.480 e. The molecule has 4 amide bonds.